The van der Waals surface area contributed by atoms with E-state index in [1.165, 1.54) is 11.3 Å². The summed E-state index contributed by atoms with van der Waals surface area (Å²) in [6.07, 6.45) is 3.07. The molecule has 0 saturated heterocycles. The molecule has 0 saturated carbocycles. The van der Waals surface area contributed by atoms with Crippen LogP contribution in [0.3, 0.4) is 0 Å². The van der Waals surface area contributed by atoms with E-state index in [0.717, 1.165) is 19.5 Å². The summed E-state index contributed by atoms with van der Waals surface area (Å²) < 4.78 is 5.51. The smallest absolute Gasteiger partial charge is 0.0895 e. The van der Waals surface area contributed by atoms with Gasteiger partial charge in [-0.25, -0.2) is 0 Å². The normalized spacial score (nSPS) is 16.8. The maximum absolute atomic E-state index is 5.51. The summed E-state index contributed by atoms with van der Waals surface area (Å²) >= 11 is 0. The molecule has 1 unspecified atom stereocenters. The van der Waals surface area contributed by atoms with Crippen LogP contribution in [0.4, 0.5) is 5.69 Å². The topological polar surface area (TPSA) is 24.8 Å². The molecule has 1 aromatic carbocycles. The van der Waals surface area contributed by atoms with Gasteiger partial charge in [0.1, 0.15) is 0 Å². The van der Waals surface area contributed by atoms with E-state index in [0.29, 0.717) is 0 Å². The molecule has 1 heterocycles. The number of aliphatic imine (C=N–C) groups is 1. The molecule has 0 fully saturated rings. The quantitative estimate of drug-likeness (QED) is 0.776. The molecule has 0 radical (unpaired) electrons. The van der Waals surface area contributed by atoms with Crippen LogP contribution in [0.25, 0.3) is 0 Å². The SMILES string of the molecule is CCC(OC)c1ccccc1N1C=NCC1. The summed E-state index contributed by atoms with van der Waals surface area (Å²) in [5.41, 5.74) is 2.47. The first kappa shape index (κ1) is 11.1. The largest absolute Gasteiger partial charge is 0.377 e. The number of rotatable bonds is 4. The van der Waals surface area contributed by atoms with E-state index in [1.807, 2.05) is 6.34 Å². The summed E-state index contributed by atoms with van der Waals surface area (Å²) in [4.78, 5) is 6.44. The fraction of sp³-hybridized carbons (Fsp3) is 0.462. The first-order valence-electron chi connectivity index (χ1n) is 5.75. The van der Waals surface area contributed by atoms with Gasteiger partial charge in [-0.15, -0.1) is 0 Å². The van der Waals surface area contributed by atoms with Crippen molar-refractivity contribution in [1.29, 1.82) is 0 Å². The molecule has 1 atom stereocenters. The number of anilines is 1. The maximum Gasteiger partial charge on any atom is 0.0895 e. The van der Waals surface area contributed by atoms with Gasteiger partial charge in [0.25, 0.3) is 0 Å². The second-order valence-corrected chi connectivity index (χ2v) is 3.91. The van der Waals surface area contributed by atoms with Crippen LogP contribution in [0.2, 0.25) is 0 Å². The first-order chi connectivity index (χ1) is 7.86. The van der Waals surface area contributed by atoms with Gasteiger partial charge >= 0.3 is 0 Å². The lowest BCUT2D eigenvalue weighted by Gasteiger charge is -2.22. The second-order valence-electron chi connectivity index (χ2n) is 3.91. The standard InChI is InChI=1S/C13H18N2O/c1-3-13(16-2)11-6-4-5-7-12(11)15-9-8-14-10-15/h4-7,10,13H,3,8-9H2,1-2H3. The third-order valence-corrected chi connectivity index (χ3v) is 2.94. The Morgan fingerprint density at radius 1 is 1.44 bits per heavy atom. The summed E-state index contributed by atoms with van der Waals surface area (Å²) in [7, 11) is 1.77. The molecule has 86 valence electrons. The minimum absolute atomic E-state index is 0.171. The van der Waals surface area contributed by atoms with Gasteiger partial charge in [0, 0.05) is 24.9 Å². The number of nitrogens with zero attached hydrogens (tertiary/aromatic N) is 2. The predicted octanol–water partition coefficient (Wildman–Crippen LogP) is 2.63. The Bertz CT molecular complexity index is 372. The molecule has 1 aliphatic heterocycles. The Kier molecular flexibility index (Phi) is 3.57. The lowest BCUT2D eigenvalue weighted by Crippen LogP contribution is -2.20. The molecule has 0 bridgehead atoms. The number of hydrogen-bond donors (Lipinski definition) is 0. The van der Waals surface area contributed by atoms with Crippen LogP contribution >= 0.6 is 0 Å². The van der Waals surface area contributed by atoms with E-state index >= 15 is 0 Å². The van der Waals surface area contributed by atoms with Crippen LogP contribution < -0.4 is 4.90 Å². The van der Waals surface area contributed by atoms with Crippen molar-refractivity contribution in [1.82, 2.24) is 0 Å². The van der Waals surface area contributed by atoms with Crippen molar-refractivity contribution in [3.05, 3.63) is 29.8 Å². The third kappa shape index (κ3) is 2.09. The van der Waals surface area contributed by atoms with Crippen molar-refractivity contribution in [2.75, 3.05) is 25.1 Å². The van der Waals surface area contributed by atoms with Crippen molar-refractivity contribution < 1.29 is 4.74 Å². The van der Waals surface area contributed by atoms with Gasteiger partial charge in [-0.1, -0.05) is 25.1 Å². The first-order valence-corrected chi connectivity index (χ1v) is 5.75. The minimum atomic E-state index is 0.171. The molecule has 1 aliphatic rings. The van der Waals surface area contributed by atoms with Gasteiger partial charge in [0.15, 0.2) is 0 Å². The van der Waals surface area contributed by atoms with Crippen molar-refractivity contribution in [3.8, 4) is 0 Å². The summed E-state index contributed by atoms with van der Waals surface area (Å²) in [6, 6.07) is 8.40. The van der Waals surface area contributed by atoms with Gasteiger partial charge in [-0.2, -0.15) is 0 Å². The molecule has 0 aromatic heterocycles. The fourth-order valence-electron chi connectivity index (χ4n) is 2.10. The monoisotopic (exact) mass is 218 g/mol. The van der Waals surface area contributed by atoms with E-state index in [9.17, 15) is 0 Å². The van der Waals surface area contributed by atoms with Gasteiger partial charge in [0.2, 0.25) is 0 Å². The van der Waals surface area contributed by atoms with Crippen molar-refractivity contribution >= 4 is 12.0 Å². The number of para-hydroxylation sites is 1. The van der Waals surface area contributed by atoms with Gasteiger partial charge in [-0.3, -0.25) is 4.99 Å². The molecule has 0 aliphatic carbocycles. The Morgan fingerprint density at radius 3 is 2.88 bits per heavy atom. The number of hydrogen-bond acceptors (Lipinski definition) is 3. The lowest BCUT2D eigenvalue weighted by molar-refractivity contribution is 0.100. The molecule has 0 spiro atoms. The van der Waals surface area contributed by atoms with Crippen LogP contribution in [0.15, 0.2) is 29.3 Å². The number of methoxy groups -OCH3 is 1. The van der Waals surface area contributed by atoms with Gasteiger partial charge in [-0.05, 0) is 12.5 Å². The Balaban J connectivity index is 2.32. The van der Waals surface area contributed by atoms with Gasteiger partial charge < -0.3 is 9.64 Å². The van der Waals surface area contributed by atoms with Gasteiger partial charge in [0.05, 0.1) is 19.0 Å². The molecular weight excluding hydrogens is 200 g/mol. The summed E-state index contributed by atoms with van der Waals surface area (Å²) in [6.45, 7) is 4.00. The van der Waals surface area contributed by atoms with E-state index in [-0.39, 0.29) is 6.10 Å². The van der Waals surface area contributed by atoms with E-state index in [1.54, 1.807) is 7.11 Å². The van der Waals surface area contributed by atoms with Crippen molar-refractivity contribution in [2.24, 2.45) is 4.99 Å². The zero-order valence-electron chi connectivity index (χ0n) is 9.89. The van der Waals surface area contributed by atoms with Crippen LogP contribution in [-0.4, -0.2) is 26.5 Å². The summed E-state index contributed by atoms with van der Waals surface area (Å²) in [5, 5.41) is 0. The highest BCUT2D eigenvalue weighted by Gasteiger charge is 2.17. The molecule has 3 heteroatoms. The molecule has 2 rings (SSSR count). The molecule has 1 aromatic rings. The fourth-order valence-corrected chi connectivity index (χ4v) is 2.10. The van der Waals surface area contributed by atoms with E-state index < -0.39 is 0 Å². The average Bonchev–Trinajstić information content (AvgIpc) is 2.85. The van der Waals surface area contributed by atoms with Crippen LogP contribution in [0, 0.1) is 0 Å². The van der Waals surface area contributed by atoms with Crippen molar-refractivity contribution in [3.63, 3.8) is 0 Å². The van der Waals surface area contributed by atoms with E-state index in [4.69, 9.17) is 4.74 Å². The van der Waals surface area contributed by atoms with E-state index in [2.05, 4.69) is 41.1 Å². The predicted molar refractivity (Wildman–Crippen MR) is 67.2 cm³/mol. The number of benzene rings is 1. The second kappa shape index (κ2) is 5.12. The molecular formula is C13H18N2O. The Hall–Kier alpha value is -1.35. The lowest BCUT2D eigenvalue weighted by atomic mass is 10.0. The Morgan fingerprint density at radius 2 is 2.25 bits per heavy atom. The molecule has 0 amide bonds. The average molecular weight is 218 g/mol. The molecule has 0 N–H and O–H groups in total. The van der Waals surface area contributed by atoms with Crippen LogP contribution in [0.5, 0.6) is 0 Å². The zero-order chi connectivity index (χ0) is 11.4. The molecule has 3 nitrogen and oxygen atoms in total. The van der Waals surface area contributed by atoms with Crippen LogP contribution in [-0.2, 0) is 4.74 Å². The highest BCUT2D eigenvalue weighted by Crippen LogP contribution is 2.30. The highest BCUT2D eigenvalue weighted by molar-refractivity contribution is 5.82. The minimum Gasteiger partial charge on any atom is -0.377 e. The Labute approximate surface area is 96.7 Å². The number of ether oxygens (including phenoxy) is 1. The van der Waals surface area contributed by atoms with Crippen LogP contribution in [0.1, 0.15) is 25.0 Å². The zero-order valence-corrected chi connectivity index (χ0v) is 9.89. The summed E-state index contributed by atoms with van der Waals surface area (Å²) in [5.74, 6) is 0. The molecule has 16 heavy (non-hydrogen) atoms. The van der Waals surface area contributed by atoms with Crippen molar-refractivity contribution in [2.45, 2.75) is 19.4 Å². The maximum atomic E-state index is 5.51. The third-order valence-electron chi connectivity index (χ3n) is 2.94. The highest BCUT2D eigenvalue weighted by atomic mass is 16.5.